The van der Waals surface area contributed by atoms with Gasteiger partial charge in [-0.3, -0.25) is 9.00 Å². The lowest BCUT2D eigenvalue weighted by Gasteiger charge is -2.10. The molecule has 1 fully saturated rings. The molecule has 2 nitrogen and oxygen atoms in total. The second-order valence-electron chi connectivity index (χ2n) is 3.28. The molecule has 0 radical (unpaired) electrons. The zero-order chi connectivity index (χ0) is 8.43. The van der Waals surface area contributed by atoms with E-state index in [1.807, 2.05) is 13.8 Å². The highest BCUT2D eigenvalue weighted by Gasteiger charge is 2.28. The van der Waals surface area contributed by atoms with Crippen LogP contribution in [0.15, 0.2) is 0 Å². The van der Waals surface area contributed by atoms with Gasteiger partial charge in [-0.15, -0.1) is 0 Å². The van der Waals surface area contributed by atoms with Crippen molar-refractivity contribution in [3.8, 4) is 0 Å². The molecule has 0 heterocycles. The van der Waals surface area contributed by atoms with E-state index in [9.17, 15) is 9.00 Å². The molecule has 64 valence electrons. The molecule has 0 aromatic carbocycles. The molecular formula is C8H14O2S. The van der Waals surface area contributed by atoms with Gasteiger partial charge in [-0.25, -0.2) is 0 Å². The Kier molecular flexibility index (Phi) is 2.82. The maximum Gasteiger partial charge on any atom is 0.134 e. The van der Waals surface area contributed by atoms with Gasteiger partial charge in [-0.05, 0) is 6.42 Å². The fourth-order valence-electron chi connectivity index (χ4n) is 1.36. The average Bonchev–Trinajstić information content (AvgIpc) is 2.34. The molecule has 1 saturated carbocycles. The third-order valence-corrected chi connectivity index (χ3v) is 3.98. The first-order valence-corrected chi connectivity index (χ1v) is 5.30. The first kappa shape index (κ1) is 8.91. The van der Waals surface area contributed by atoms with Crippen LogP contribution in [0, 0.1) is 0 Å². The molecule has 1 rings (SSSR count). The molecule has 3 heteroatoms. The van der Waals surface area contributed by atoms with E-state index in [-0.39, 0.29) is 16.3 Å². The summed E-state index contributed by atoms with van der Waals surface area (Å²) in [6, 6.07) is 0. The van der Waals surface area contributed by atoms with Crippen molar-refractivity contribution in [3.05, 3.63) is 0 Å². The summed E-state index contributed by atoms with van der Waals surface area (Å²) in [7, 11) is -0.789. The molecule has 0 spiro atoms. The molecule has 0 N–H and O–H groups in total. The lowest BCUT2D eigenvalue weighted by atomic mass is 10.4. The fourth-order valence-corrected chi connectivity index (χ4v) is 2.83. The van der Waals surface area contributed by atoms with Crippen LogP contribution in [0.5, 0.6) is 0 Å². The molecular weight excluding hydrogens is 160 g/mol. The Hall–Kier alpha value is -0.180. The van der Waals surface area contributed by atoms with Gasteiger partial charge in [0.1, 0.15) is 5.78 Å². The van der Waals surface area contributed by atoms with E-state index in [1.54, 1.807) is 0 Å². The van der Waals surface area contributed by atoms with Gasteiger partial charge in [0, 0.05) is 34.1 Å². The number of hydrogen-bond donors (Lipinski definition) is 0. The fraction of sp³-hybridized carbons (Fsp3) is 0.875. The topological polar surface area (TPSA) is 34.1 Å². The number of carbonyl (C=O) groups excluding carboxylic acids is 1. The van der Waals surface area contributed by atoms with Crippen molar-refractivity contribution < 1.29 is 9.00 Å². The summed E-state index contributed by atoms with van der Waals surface area (Å²) >= 11 is 0. The standard InChI is InChI=1S/C8H14O2S/c1-6(2)11(10)8-4-3-7(9)5-8/h6,8H,3-5H2,1-2H3. The molecule has 0 amide bonds. The predicted octanol–water partition coefficient (Wildman–Crippen LogP) is 1.27. The van der Waals surface area contributed by atoms with E-state index in [0.29, 0.717) is 12.8 Å². The zero-order valence-electron chi connectivity index (χ0n) is 7.00. The Morgan fingerprint density at radius 1 is 1.55 bits per heavy atom. The monoisotopic (exact) mass is 174 g/mol. The minimum atomic E-state index is -0.789. The first-order valence-electron chi connectivity index (χ1n) is 4.02. The van der Waals surface area contributed by atoms with Crippen LogP contribution in [0.2, 0.25) is 0 Å². The van der Waals surface area contributed by atoms with Crippen LogP contribution < -0.4 is 0 Å². The van der Waals surface area contributed by atoms with E-state index >= 15 is 0 Å². The lowest BCUT2D eigenvalue weighted by Crippen LogP contribution is -2.19. The van der Waals surface area contributed by atoms with Crippen molar-refractivity contribution in [2.45, 2.75) is 43.6 Å². The van der Waals surface area contributed by atoms with Gasteiger partial charge in [0.25, 0.3) is 0 Å². The Bertz CT molecular complexity index is 187. The van der Waals surface area contributed by atoms with Crippen LogP contribution in [0.25, 0.3) is 0 Å². The molecule has 0 saturated heterocycles. The molecule has 0 aliphatic heterocycles. The van der Waals surface area contributed by atoms with Crippen molar-refractivity contribution in [3.63, 3.8) is 0 Å². The third-order valence-electron chi connectivity index (χ3n) is 1.99. The summed E-state index contributed by atoms with van der Waals surface area (Å²) in [5, 5.41) is 0.355. The maximum atomic E-state index is 11.4. The Labute approximate surface area is 69.8 Å². The summed E-state index contributed by atoms with van der Waals surface area (Å²) in [6.45, 7) is 3.89. The van der Waals surface area contributed by atoms with Crippen LogP contribution in [0.4, 0.5) is 0 Å². The number of carbonyl (C=O) groups is 1. The van der Waals surface area contributed by atoms with E-state index in [2.05, 4.69) is 0 Å². The summed E-state index contributed by atoms with van der Waals surface area (Å²) in [4.78, 5) is 10.8. The van der Waals surface area contributed by atoms with Gasteiger partial charge in [0.15, 0.2) is 0 Å². The minimum absolute atomic E-state index is 0.155. The number of hydrogen-bond acceptors (Lipinski definition) is 2. The molecule has 0 aromatic heterocycles. The van der Waals surface area contributed by atoms with Crippen LogP contribution in [-0.2, 0) is 15.6 Å². The van der Waals surface area contributed by atoms with Gasteiger partial charge in [0.2, 0.25) is 0 Å². The van der Waals surface area contributed by atoms with Gasteiger partial charge >= 0.3 is 0 Å². The van der Waals surface area contributed by atoms with Gasteiger partial charge < -0.3 is 0 Å². The average molecular weight is 174 g/mol. The quantitative estimate of drug-likeness (QED) is 0.631. The molecule has 2 atom stereocenters. The summed E-state index contributed by atoms with van der Waals surface area (Å²) in [5.41, 5.74) is 0. The SMILES string of the molecule is CC(C)S(=O)C1CCC(=O)C1. The van der Waals surface area contributed by atoms with Gasteiger partial charge in [0.05, 0.1) is 0 Å². The van der Waals surface area contributed by atoms with Crippen molar-refractivity contribution >= 4 is 16.6 Å². The zero-order valence-corrected chi connectivity index (χ0v) is 7.82. The second-order valence-corrected chi connectivity index (χ2v) is 5.55. The highest BCUT2D eigenvalue weighted by atomic mass is 32.2. The predicted molar refractivity (Wildman–Crippen MR) is 45.9 cm³/mol. The molecule has 0 aromatic rings. The highest BCUT2D eigenvalue weighted by Crippen LogP contribution is 2.21. The van der Waals surface area contributed by atoms with E-state index in [1.165, 1.54) is 0 Å². The molecule has 0 bridgehead atoms. The molecule has 1 aliphatic rings. The third kappa shape index (κ3) is 2.12. The summed E-state index contributed by atoms with van der Waals surface area (Å²) < 4.78 is 11.4. The second kappa shape index (κ2) is 3.48. The lowest BCUT2D eigenvalue weighted by molar-refractivity contribution is -0.117. The molecule has 2 unspecified atom stereocenters. The first-order chi connectivity index (χ1) is 5.11. The maximum absolute atomic E-state index is 11.4. The number of Topliss-reactive ketones (excluding diaryl/α,β-unsaturated/α-hetero) is 1. The van der Waals surface area contributed by atoms with Crippen molar-refractivity contribution in [1.82, 2.24) is 0 Å². The van der Waals surface area contributed by atoms with Crippen molar-refractivity contribution in [2.24, 2.45) is 0 Å². The smallest absolute Gasteiger partial charge is 0.134 e. The highest BCUT2D eigenvalue weighted by molar-refractivity contribution is 7.86. The summed E-state index contributed by atoms with van der Waals surface area (Å²) in [6.07, 6.45) is 2.03. The minimum Gasteiger partial charge on any atom is -0.300 e. The van der Waals surface area contributed by atoms with Crippen molar-refractivity contribution in [1.29, 1.82) is 0 Å². The van der Waals surface area contributed by atoms with Crippen molar-refractivity contribution in [2.75, 3.05) is 0 Å². The van der Waals surface area contributed by atoms with Crippen LogP contribution in [0.1, 0.15) is 33.1 Å². The normalized spacial score (nSPS) is 27.9. The Balaban J connectivity index is 2.50. The number of rotatable bonds is 2. The Morgan fingerprint density at radius 3 is 2.55 bits per heavy atom. The Morgan fingerprint density at radius 2 is 2.18 bits per heavy atom. The molecule has 1 aliphatic carbocycles. The largest absolute Gasteiger partial charge is 0.300 e. The van der Waals surface area contributed by atoms with Crippen LogP contribution >= 0.6 is 0 Å². The van der Waals surface area contributed by atoms with E-state index in [0.717, 1.165) is 6.42 Å². The number of ketones is 1. The van der Waals surface area contributed by atoms with Crippen LogP contribution in [-0.4, -0.2) is 20.5 Å². The van der Waals surface area contributed by atoms with Gasteiger partial charge in [-0.1, -0.05) is 13.8 Å². The van der Waals surface area contributed by atoms with E-state index in [4.69, 9.17) is 0 Å². The van der Waals surface area contributed by atoms with Gasteiger partial charge in [-0.2, -0.15) is 0 Å². The van der Waals surface area contributed by atoms with Crippen LogP contribution in [0.3, 0.4) is 0 Å². The molecule has 11 heavy (non-hydrogen) atoms. The summed E-state index contributed by atoms with van der Waals surface area (Å²) in [5.74, 6) is 0.281. The van der Waals surface area contributed by atoms with E-state index < -0.39 is 10.8 Å².